The van der Waals surface area contributed by atoms with Crippen molar-refractivity contribution in [1.82, 2.24) is 20.2 Å². The number of amidine groups is 1. The number of rotatable bonds is 5. The molecule has 1 aliphatic rings. The zero-order valence-electron chi connectivity index (χ0n) is 15.3. The summed E-state index contributed by atoms with van der Waals surface area (Å²) in [5.74, 6) is 2.96. The van der Waals surface area contributed by atoms with Crippen molar-refractivity contribution in [3.05, 3.63) is 27.6 Å². The van der Waals surface area contributed by atoms with Crippen LogP contribution in [0.3, 0.4) is 0 Å². The maximum atomic E-state index is 4.63. The van der Waals surface area contributed by atoms with E-state index in [1.165, 1.54) is 0 Å². The highest BCUT2D eigenvalue weighted by Gasteiger charge is 2.43. The Morgan fingerprint density at radius 2 is 2.04 bits per heavy atom. The summed E-state index contributed by atoms with van der Waals surface area (Å²) in [7, 11) is 0. The van der Waals surface area contributed by atoms with Gasteiger partial charge in [-0.3, -0.25) is 4.99 Å². The third-order valence-corrected chi connectivity index (χ3v) is 4.95. The molecule has 0 spiro atoms. The minimum absolute atomic E-state index is 0.181. The van der Waals surface area contributed by atoms with Gasteiger partial charge < -0.3 is 0 Å². The SMILES string of the molecule is C=NN(C(C)=NC(C)C)c1cc(C2CC2c2nnc(C)s2)nc(C)n1. The lowest BCUT2D eigenvalue weighted by molar-refractivity contribution is 0.824. The number of aromatic nitrogens is 4. The van der Waals surface area contributed by atoms with Crippen LogP contribution in [0.5, 0.6) is 0 Å². The summed E-state index contributed by atoms with van der Waals surface area (Å²) in [6.45, 7) is 13.5. The van der Waals surface area contributed by atoms with E-state index in [-0.39, 0.29) is 6.04 Å². The van der Waals surface area contributed by atoms with Crippen LogP contribution in [-0.4, -0.2) is 38.8 Å². The molecule has 1 saturated carbocycles. The Kier molecular flexibility index (Phi) is 4.89. The zero-order chi connectivity index (χ0) is 18.1. The Labute approximate surface area is 152 Å². The van der Waals surface area contributed by atoms with Gasteiger partial charge in [0.1, 0.15) is 21.7 Å². The lowest BCUT2D eigenvalue weighted by Gasteiger charge is -2.18. The quantitative estimate of drug-likeness (QED) is 0.465. The lowest BCUT2D eigenvalue weighted by Crippen LogP contribution is -2.25. The number of aliphatic imine (C=N–C) groups is 1. The number of aryl methyl sites for hydroxylation is 2. The first-order valence-electron chi connectivity index (χ1n) is 8.35. The highest BCUT2D eigenvalue weighted by atomic mass is 32.1. The van der Waals surface area contributed by atoms with Gasteiger partial charge in [-0.05, 0) is 41.0 Å². The monoisotopic (exact) mass is 357 g/mol. The minimum atomic E-state index is 0.181. The fourth-order valence-corrected chi connectivity index (χ4v) is 3.78. The van der Waals surface area contributed by atoms with Crippen LogP contribution < -0.4 is 5.01 Å². The second kappa shape index (κ2) is 6.95. The van der Waals surface area contributed by atoms with E-state index in [4.69, 9.17) is 0 Å². The molecule has 2 heterocycles. The predicted molar refractivity (Wildman–Crippen MR) is 102 cm³/mol. The van der Waals surface area contributed by atoms with Crippen LogP contribution in [0.2, 0.25) is 0 Å². The summed E-state index contributed by atoms with van der Waals surface area (Å²) >= 11 is 1.66. The minimum Gasteiger partial charge on any atom is -0.268 e. The second-order valence-electron chi connectivity index (χ2n) is 6.53. The van der Waals surface area contributed by atoms with Gasteiger partial charge in [0.15, 0.2) is 5.82 Å². The van der Waals surface area contributed by atoms with Crippen molar-refractivity contribution in [3.63, 3.8) is 0 Å². The van der Waals surface area contributed by atoms with Crippen LogP contribution in [0, 0.1) is 13.8 Å². The Morgan fingerprint density at radius 1 is 1.28 bits per heavy atom. The molecule has 0 aromatic carbocycles. The molecule has 2 unspecified atom stereocenters. The molecular weight excluding hydrogens is 334 g/mol. The summed E-state index contributed by atoms with van der Waals surface area (Å²) in [6.07, 6.45) is 1.05. The van der Waals surface area contributed by atoms with Gasteiger partial charge in [-0.25, -0.2) is 15.0 Å². The van der Waals surface area contributed by atoms with E-state index in [1.807, 2.05) is 40.7 Å². The van der Waals surface area contributed by atoms with Crippen LogP contribution in [-0.2, 0) is 0 Å². The van der Waals surface area contributed by atoms with E-state index in [0.29, 0.717) is 17.7 Å². The molecule has 1 aliphatic carbocycles. The first kappa shape index (κ1) is 17.6. The fourth-order valence-electron chi connectivity index (χ4n) is 2.90. The predicted octanol–water partition coefficient (Wildman–Crippen LogP) is 3.46. The summed E-state index contributed by atoms with van der Waals surface area (Å²) in [5, 5.41) is 16.3. The fraction of sp³-hybridized carbons (Fsp3) is 0.529. The first-order valence-corrected chi connectivity index (χ1v) is 9.17. The van der Waals surface area contributed by atoms with Crippen molar-refractivity contribution < 1.29 is 0 Å². The van der Waals surface area contributed by atoms with Crippen molar-refractivity contribution in [3.8, 4) is 0 Å². The van der Waals surface area contributed by atoms with Crippen LogP contribution in [0.25, 0.3) is 0 Å². The molecule has 7 nitrogen and oxygen atoms in total. The third-order valence-electron chi connectivity index (χ3n) is 3.98. The Hall–Kier alpha value is -2.22. The van der Waals surface area contributed by atoms with E-state index < -0.39 is 0 Å². The zero-order valence-corrected chi connectivity index (χ0v) is 16.1. The highest BCUT2D eigenvalue weighted by Crippen LogP contribution is 2.54. The van der Waals surface area contributed by atoms with E-state index in [9.17, 15) is 0 Å². The molecule has 0 N–H and O–H groups in total. The average Bonchev–Trinajstić information content (AvgIpc) is 3.21. The van der Waals surface area contributed by atoms with Crippen molar-refractivity contribution in [2.45, 2.75) is 58.9 Å². The molecule has 0 aliphatic heterocycles. The van der Waals surface area contributed by atoms with Crippen LogP contribution >= 0.6 is 11.3 Å². The summed E-state index contributed by atoms with van der Waals surface area (Å²) in [6, 6.07) is 2.17. The van der Waals surface area contributed by atoms with Gasteiger partial charge in [0.25, 0.3) is 0 Å². The second-order valence-corrected chi connectivity index (χ2v) is 7.74. The molecule has 8 heteroatoms. The lowest BCUT2D eigenvalue weighted by atomic mass is 10.2. The number of hydrazone groups is 1. The molecule has 3 rings (SSSR count). The number of hydrogen-bond donors (Lipinski definition) is 0. The van der Waals surface area contributed by atoms with Crippen LogP contribution in [0.1, 0.15) is 60.6 Å². The Balaban J connectivity index is 1.87. The topological polar surface area (TPSA) is 79.5 Å². The highest BCUT2D eigenvalue weighted by molar-refractivity contribution is 7.11. The van der Waals surface area contributed by atoms with Crippen LogP contribution in [0.4, 0.5) is 5.82 Å². The molecule has 0 radical (unpaired) electrons. The van der Waals surface area contributed by atoms with Gasteiger partial charge in [-0.15, -0.1) is 21.5 Å². The normalized spacial score (nSPS) is 20.0. The Morgan fingerprint density at radius 3 is 2.64 bits per heavy atom. The molecular formula is C17H23N7S. The van der Waals surface area contributed by atoms with Gasteiger partial charge in [0, 0.05) is 30.7 Å². The van der Waals surface area contributed by atoms with Crippen molar-refractivity contribution in [1.29, 1.82) is 0 Å². The summed E-state index contributed by atoms with van der Waals surface area (Å²) < 4.78 is 0. The number of nitrogens with zero attached hydrogens (tertiary/aromatic N) is 7. The molecule has 1 fully saturated rings. The van der Waals surface area contributed by atoms with Gasteiger partial charge in [-0.1, -0.05) is 0 Å². The largest absolute Gasteiger partial charge is 0.268 e. The molecule has 25 heavy (non-hydrogen) atoms. The van der Waals surface area contributed by atoms with Crippen molar-refractivity contribution in [2.24, 2.45) is 10.1 Å². The molecule has 2 aromatic heterocycles. The molecule has 2 atom stereocenters. The molecule has 2 aromatic rings. The van der Waals surface area contributed by atoms with Crippen molar-refractivity contribution in [2.75, 3.05) is 5.01 Å². The van der Waals surface area contributed by atoms with E-state index >= 15 is 0 Å². The summed E-state index contributed by atoms with van der Waals surface area (Å²) in [5.41, 5.74) is 1.02. The van der Waals surface area contributed by atoms with Gasteiger partial charge in [-0.2, -0.15) is 5.10 Å². The molecule has 0 bridgehead atoms. The number of hydrogen-bond acceptors (Lipinski definition) is 7. The van der Waals surface area contributed by atoms with Crippen LogP contribution in [0.15, 0.2) is 16.2 Å². The van der Waals surface area contributed by atoms with E-state index in [2.05, 4.69) is 37.0 Å². The van der Waals surface area contributed by atoms with E-state index in [0.717, 1.165) is 33.8 Å². The molecule has 0 amide bonds. The average molecular weight is 357 g/mol. The standard InChI is InChI=1S/C17H23N7S/c1-9(2)19-11(4)24(18-6)16-8-15(20-10(3)21-16)13-7-14(13)17-23-22-12(5)25-17/h8-9,13-14H,6-7H2,1-5H3. The smallest absolute Gasteiger partial charge is 0.159 e. The summed E-state index contributed by atoms with van der Waals surface area (Å²) in [4.78, 5) is 13.7. The Bertz CT molecular complexity index is 811. The van der Waals surface area contributed by atoms with Crippen molar-refractivity contribution >= 4 is 29.7 Å². The maximum Gasteiger partial charge on any atom is 0.159 e. The molecule has 0 saturated heterocycles. The van der Waals surface area contributed by atoms with Gasteiger partial charge in [0.05, 0.1) is 5.69 Å². The van der Waals surface area contributed by atoms with E-state index in [1.54, 1.807) is 16.3 Å². The number of anilines is 1. The van der Waals surface area contributed by atoms with Gasteiger partial charge >= 0.3 is 0 Å². The third kappa shape index (κ3) is 3.89. The molecule has 132 valence electrons. The maximum absolute atomic E-state index is 4.63. The first-order chi connectivity index (χ1) is 11.9. The van der Waals surface area contributed by atoms with Gasteiger partial charge in [0.2, 0.25) is 0 Å².